The third-order valence-electron chi connectivity index (χ3n) is 9.57. The van der Waals surface area contributed by atoms with Crippen LogP contribution in [0.15, 0.2) is 0 Å². The van der Waals surface area contributed by atoms with Crippen molar-refractivity contribution in [1.82, 2.24) is 10.2 Å². The lowest BCUT2D eigenvalue weighted by atomic mass is 9.47. The number of carbonyl (C=O) groups is 1. The fourth-order valence-electron chi connectivity index (χ4n) is 7.96. The van der Waals surface area contributed by atoms with E-state index in [4.69, 9.17) is 0 Å². The lowest BCUT2D eigenvalue weighted by Gasteiger charge is -2.61. The molecule has 0 aromatic heterocycles. The van der Waals surface area contributed by atoms with Crippen LogP contribution in [-0.2, 0) is 4.79 Å². The van der Waals surface area contributed by atoms with Crippen molar-refractivity contribution in [2.45, 2.75) is 96.2 Å². The molecule has 0 aromatic carbocycles. The zero-order valence-corrected chi connectivity index (χ0v) is 16.4. The van der Waals surface area contributed by atoms with E-state index in [0.29, 0.717) is 22.8 Å². The minimum atomic E-state index is 0.370. The van der Waals surface area contributed by atoms with Gasteiger partial charge < -0.3 is 10.2 Å². The summed E-state index contributed by atoms with van der Waals surface area (Å²) in [6.45, 7) is 5.15. The van der Waals surface area contributed by atoms with Crippen LogP contribution in [0.3, 0.4) is 0 Å². The van der Waals surface area contributed by atoms with Crippen LogP contribution in [0.5, 0.6) is 0 Å². The van der Waals surface area contributed by atoms with Gasteiger partial charge in [0.1, 0.15) is 0 Å². The third-order valence-corrected chi connectivity index (χ3v) is 9.57. The van der Waals surface area contributed by atoms with Gasteiger partial charge in [0, 0.05) is 31.6 Å². The minimum absolute atomic E-state index is 0.370. The van der Waals surface area contributed by atoms with E-state index in [1.54, 1.807) is 0 Å². The number of hydrogen-bond donors (Lipinski definition) is 1. The Morgan fingerprint density at radius 1 is 0.920 bits per heavy atom. The molecule has 7 atom stereocenters. The van der Waals surface area contributed by atoms with E-state index in [0.717, 1.165) is 42.7 Å². The second-order valence-electron chi connectivity index (χ2n) is 10.6. The van der Waals surface area contributed by atoms with Gasteiger partial charge in [-0.05, 0) is 86.4 Å². The molecule has 25 heavy (non-hydrogen) atoms. The maximum atomic E-state index is 12.3. The first-order chi connectivity index (χ1) is 11.9. The second kappa shape index (κ2) is 5.47. The molecule has 0 spiro atoms. The molecule has 3 nitrogen and oxygen atoms in total. The molecule has 4 saturated carbocycles. The van der Waals surface area contributed by atoms with Gasteiger partial charge in [-0.15, -0.1) is 0 Å². The molecule has 1 heterocycles. The smallest absolute Gasteiger partial charge is 0.222 e. The second-order valence-corrected chi connectivity index (χ2v) is 10.6. The number of piperidine rings is 1. The van der Waals surface area contributed by atoms with Crippen LogP contribution < -0.4 is 5.32 Å². The van der Waals surface area contributed by atoms with Crippen LogP contribution >= 0.6 is 0 Å². The first-order valence-electron chi connectivity index (χ1n) is 11.0. The predicted molar refractivity (Wildman–Crippen MR) is 100 cm³/mol. The number of amides is 1. The average Bonchev–Trinajstić information content (AvgIpc) is 3.34. The average molecular weight is 345 g/mol. The van der Waals surface area contributed by atoms with Gasteiger partial charge >= 0.3 is 0 Å². The van der Waals surface area contributed by atoms with Crippen LogP contribution in [0, 0.1) is 28.6 Å². The molecule has 1 amide bonds. The zero-order valence-electron chi connectivity index (χ0n) is 16.4. The fourth-order valence-corrected chi connectivity index (χ4v) is 7.96. The molecule has 0 radical (unpaired) electrons. The molecule has 3 heteroatoms. The molecule has 140 valence electrons. The maximum Gasteiger partial charge on any atom is 0.222 e. The Balaban J connectivity index is 1.40. The van der Waals surface area contributed by atoms with Crippen molar-refractivity contribution in [3.05, 3.63) is 0 Å². The molecule has 0 bridgehead atoms. The molecule has 5 rings (SSSR count). The van der Waals surface area contributed by atoms with Crippen LogP contribution in [-0.4, -0.2) is 36.0 Å². The van der Waals surface area contributed by atoms with Crippen molar-refractivity contribution in [3.63, 3.8) is 0 Å². The van der Waals surface area contributed by atoms with E-state index in [1.165, 1.54) is 51.4 Å². The SMILES string of the molecule is CN1C(=O)CC[C@]2(C)[C@H]3CC[C@]4(C)[C@@H](NC5CC5)CC[C@H]4[C@@H]3CC[C@@H]12. The van der Waals surface area contributed by atoms with Crippen LogP contribution in [0.4, 0.5) is 0 Å². The Hall–Kier alpha value is -0.570. The molecule has 5 fully saturated rings. The lowest BCUT2D eigenvalue weighted by Crippen LogP contribution is -2.61. The van der Waals surface area contributed by atoms with Gasteiger partial charge in [0.2, 0.25) is 5.91 Å². The molecular weight excluding hydrogens is 308 g/mol. The molecule has 0 unspecified atom stereocenters. The summed E-state index contributed by atoms with van der Waals surface area (Å²) in [6, 6.07) is 2.11. The van der Waals surface area contributed by atoms with Gasteiger partial charge in [-0.1, -0.05) is 13.8 Å². The zero-order chi connectivity index (χ0) is 17.4. The van der Waals surface area contributed by atoms with Crippen molar-refractivity contribution in [3.8, 4) is 0 Å². The van der Waals surface area contributed by atoms with Crippen molar-refractivity contribution >= 4 is 5.91 Å². The molecular formula is C22H36N2O. The van der Waals surface area contributed by atoms with Gasteiger partial charge in [-0.25, -0.2) is 0 Å². The van der Waals surface area contributed by atoms with Crippen molar-refractivity contribution in [1.29, 1.82) is 0 Å². The highest BCUT2D eigenvalue weighted by Crippen LogP contribution is 2.64. The number of hydrogen-bond acceptors (Lipinski definition) is 2. The summed E-state index contributed by atoms with van der Waals surface area (Å²) >= 11 is 0. The minimum Gasteiger partial charge on any atom is -0.342 e. The van der Waals surface area contributed by atoms with Gasteiger partial charge in [-0.2, -0.15) is 0 Å². The first-order valence-corrected chi connectivity index (χ1v) is 11.0. The lowest BCUT2D eigenvalue weighted by molar-refractivity contribution is -0.157. The third kappa shape index (κ3) is 2.30. The van der Waals surface area contributed by atoms with Gasteiger partial charge in [0.15, 0.2) is 0 Å². The molecule has 4 aliphatic carbocycles. The Kier molecular flexibility index (Phi) is 3.63. The fraction of sp³-hybridized carbons (Fsp3) is 0.955. The Bertz CT molecular complexity index is 572. The highest BCUT2D eigenvalue weighted by atomic mass is 16.2. The van der Waals surface area contributed by atoms with E-state index >= 15 is 0 Å². The topological polar surface area (TPSA) is 32.3 Å². The summed E-state index contributed by atoms with van der Waals surface area (Å²) in [5.41, 5.74) is 0.901. The van der Waals surface area contributed by atoms with E-state index < -0.39 is 0 Å². The van der Waals surface area contributed by atoms with Gasteiger partial charge in [0.05, 0.1) is 0 Å². The van der Waals surface area contributed by atoms with Crippen LogP contribution in [0.25, 0.3) is 0 Å². The monoisotopic (exact) mass is 344 g/mol. The van der Waals surface area contributed by atoms with Crippen molar-refractivity contribution < 1.29 is 4.79 Å². The standard InChI is InChI=1S/C22H36N2O/c1-21-12-10-17-15(16(21)7-8-18(21)23-14-4-5-14)6-9-19-22(17,2)13-11-20(25)24(19)3/h14-19,23H,4-13H2,1-3H3/t15-,16-,17-,18-,19+,21-,22+/m0/s1. The summed E-state index contributed by atoms with van der Waals surface area (Å²) in [4.78, 5) is 14.4. The predicted octanol–water partition coefficient (Wildman–Crippen LogP) is 3.97. The van der Waals surface area contributed by atoms with E-state index in [1.807, 2.05) is 0 Å². The molecule has 0 aromatic rings. The number of nitrogens with one attached hydrogen (secondary N) is 1. The van der Waals surface area contributed by atoms with E-state index in [2.05, 4.69) is 31.1 Å². The maximum absolute atomic E-state index is 12.3. The van der Waals surface area contributed by atoms with Gasteiger partial charge in [-0.3, -0.25) is 4.79 Å². The quantitative estimate of drug-likeness (QED) is 0.822. The highest BCUT2D eigenvalue weighted by Gasteiger charge is 2.61. The summed E-state index contributed by atoms with van der Waals surface area (Å²) in [5.74, 6) is 3.06. The van der Waals surface area contributed by atoms with Crippen LogP contribution in [0.2, 0.25) is 0 Å². The van der Waals surface area contributed by atoms with Crippen LogP contribution in [0.1, 0.15) is 78.1 Å². The molecule has 1 saturated heterocycles. The normalized spacial score (nSPS) is 52.5. The Morgan fingerprint density at radius 2 is 1.68 bits per heavy atom. The molecule has 5 aliphatic rings. The highest BCUT2D eigenvalue weighted by molar-refractivity contribution is 5.77. The number of carbonyl (C=O) groups excluding carboxylic acids is 1. The number of fused-ring (bicyclic) bond motifs is 5. The summed E-state index contributed by atoms with van der Waals surface area (Å²) in [7, 11) is 2.07. The number of nitrogens with zero attached hydrogens (tertiary/aromatic N) is 1. The van der Waals surface area contributed by atoms with Gasteiger partial charge in [0.25, 0.3) is 0 Å². The Labute approximate surface area is 153 Å². The first kappa shape index (κ1) is 16.6. The number of likely N-dealkylation sites (tertiary alicyclic amines) is 1. The molecule has 1 N–H and O–H groups in total. The molecule has 1 aliphatic heterocycles. The summed E-state index contributed by atoms with van der Waals surface area (Å²) < 4.78 is 0. The largest absolute Gasteiger partial charge is 0.342 e. The Morgan fingerprint density at radius 3 is 2.44 bits per heavy atom. The van der Waals surface area contributed by atoms with E-state index in [9.17, 15) is 4.79 Å². The van der Waals surface area contributed by atoms with E-state index in [-0.39, 0.29) is 0 Å². The summed E-state index contributed by atoms with van der Waals surface area (Å²) in [5, 5.41) is 4.01. The van der Waals surface area contributed by atoms with Crippen molar-refractivity contribution in [2.24, 2.45) is 28.6 Å². The summed E-state index contributed by atoms with van der Waals surface area (Å²) in [6.07, 6.45) is 13.0. The number of rotatable bonds is 2. The van der Waals surface area contributed by atoms with Crippen molar-refractivity contribution in [2.75, 3.05) is 7.05 Å².